The van der Waals surface area contributed by atoms with Gasteiger partial charge < -0.3 is 14.6 Å². The fraction of sp³-hybridized carbons (Fsp3) is 0.147. The Kier molecular flexibility index (Phi) is 8.13. The smallest absolute Gasteiger partial charge is 0.301 e. The summed E-state index contributed by atoms with van der Waals surface area (Å²) in [5, 5.41) is 12.4. The van der Waals surface area contributed by atoms with E-state index in [9.17, 15) is 14.7 Å². The summed E-state index contributed by atoms with van der Waals surface area (Å²) >= 11 is 7.46. The number of carbonyl (C=O) groups excluding carboxylic acids is 2. The number of ketones is 1. The van der Waals surface area contributed by atoms with Crippen LogP contribution in [0.25, 0.3) is 16.0 Å². The molecule has 0 aliphatic carbocycles. The van der Waals surface area contributed by atoms with Gasteiger partial charge in [0.05, 0.1) is 28.4 Å². The third-order valence-electron chi connectivity index (χ3n) is 7.01. The molecule has 2 heterocycles. The van der Waals surface area contributed by atoms with Gasteiger partial charge in [-0.25, -0.2) is 4.98 Å². The number of aromatic nitrogens is 1. The van der Waals surface area contributed by atoms with Gasteiger partial charge >= 0.3 is 5.91 Å². The van der Waals surface area contributed by atoms with E-state index in [1.807, 2.05) is 43.3 Å². The number of carbonyl (C=O) groups is 2. The van der Waals surface area contributed by atoms with Crippen LogP contribution in [0.1, 0.15) is 36.1 Å². The second-order valence-corrected chi connectivity index (χ2v) is 11.4. The van der Waals surface area contributed by atoms with E-state index in [4.69, 9.17) is 21.1 Å². The summed E-state index contributed by atoms with van der Waals surface area (Å²) in [7, 11) is 0. The molecule has 1 atom stereocenters. The molecule has 0 saturated carbocycles. The van der Waals surface area contributed by atoms with E-state index in [0.717, 1.165) is 16.7 Å². The highest BCUT2D eigenvalue weighted by atomic mass is 35.5. The van der Waals surface area contributed by atoms with E-state index >= 15 is 0 Å². The van der Waals surface area contributed by atoms with Gasteiger partial charge in [-0.1, -0.05) is 72.3 Å². The molecule has 5 aromatic rings. The molecular weight excluding hydrogens is 584 g/mol. The predicted octanol–water partition coefficient (Wildman–Crippen LogP) is 7.94. The van der Waals surface area contributed by atoms with E-state index in [0.29, 0.717) is 51.5 Å². The lowest BCUT2D eigenvalue weighted by molar-refractivity contribution is -0.132. The van der Waals surface area contributed by atoms with Crippen molar-refractivity contribution in [1.82, 2.24) is 4.98 Å². The minimum absolute atomic E-state index is 0.0373. The molecule has 4 aromatic carbocycles. The van der Waals surface area contributed by atoms with Crippen molar-refractivity contribution in [1.29, 1.82) is 0 Å². The third kappa shape index (κ3) is 5.84. The zero-order chi connectivity index (χ0) is 29.9. The molecule has 1 N–H and O–H groups in total. The highest BCUT2D eigenvalue weighted by molar-refractivity contribution is 7.22. The maximum absolute atomic E-state index is 13.7. The summed E-state index contributed by atoms with van der Waals surface area (Å²) in [5.74, 6) is -0.670. The van der Waals surface area contributed by atoms with Gasteiger partial charge in [-0.05, 0) is 72.1 Å². The number of nitrogens with zero attached hydrogens (tertiary/aromatic N) is 2. The Morgan fingerprint density at radius 1 is 0.930 bits per heavy atom. The molecule has 1 saturated heterocycles. The molecule has 1 aromatic heterocycles. The van der Waals surface area contributed by atoms with Crippen molar-refractivity contribution >= 4 is 55.7 Å². The van der Waals surface area contributed by atoms with Crippen LogP contribution in [0.2, 0.25) is 5.02 Å². The Morgan fingerprint density at radius 2 is 1.72 bits per heavy atom. The molecule has 1 aliphatic rings. The first-order valence-corrected chi connectivity index (χ1v) is 15.0. The van der Waals surface area contributed by atoms with Gasteiger partial charge in [-0.15, -0.1) is 0 Å². The van der Waals surface area contributed by atoms with E-state index in [-0.39, 0.29) is 11.3 Å². The van der Waals surface area contributed by atoms with Crippen LogP contribution < -0.4 is 14.4 Å². The summed E-state index contributed by atoms with van der Waals surface area (Å²) in [5.41, 5.74) is 2.58. The molecule has 1 unspecified atom stereocenters. The molecule has 0 radical (unpaired) electrons. The van der Waals surface area contributed by atoms with Crippen LogP contribution >= 0.6 is 22.9 Å². The van der Waals surface area contributed by atoms with E-state index in [1.165, 1.54) is 16.2 Å². The highest BCUT2D eigenvalue weighted by Gasteiger charge is 2.48. The van der Waals surface area contributed by atoms with Gasteiger partial charge in [-0.3, -0.25) is 14.5 Å². The molecule has 0 bridgehead atoms. The van der Waals surface area contributed by atoms with Crippen LogP contribution in [0.4, 0.5) is 5.13 Å². The summed E-state index contributed by atoms with van der Waals surface area (Å²) in [4.78, 5) is 33.3. The van der Waals surface area contributed by atoms with Crippen LogP contribution in [0.3, 0.4) is 0 Å². The molecule has 1 amide bonds. The van der Waals surface area contributed by atoms with E-state index in [2.05, 4.69) is 4.98 Å². The predicted molar refractivity (Wildman–Crippen MR) is 169 cm³/mol. The van der Waals surface area contributed by atoms with Gasteiger partial charge in [0.2, 0.25) is 0 Å². The number of ether oxygens (including phenoxy) is 2. The number of anilines is 1. The number of hydrogen-bond acceptors (Lipinski definition) is 7. The lowest BCUT2D eigenvalue weighted by Gasteiger charge is -2.23. The number of hydrogen-bond donors (Lipinski definition) is 1. The number of aliphatic hydroxyl groups excluding tert-OH is 1. The standard InChI is InChI=1S/C34H27ClN2O5S/c1-2-17-41-25-14-11-22(12-15-25)31(38)29-30(23-9-6-10-26(18-23)42-20-21-7-4-3-5-8-21)37(33(40)32(29)39)34-36-27-16-13-24(35)19-28(27)43-34/h3-16,18-19,30,38H,2,17,20H2,1H3. The Morgan fingerprint density at radius 3 is 2.49 bits per heavy atom. The second-order valence-electron chi connectivity index (χ2n) is 10.00. The van der Waals surface area contributed by atoms with E-state index < -0.39 is 17.7 Å². The molecular formula is C34H27ClN2O5S. The number of Topliss-reactive ketones (excluding diaryl/α,β-unsaturated/α-hetero) is 1. The number of rotatable bonds is 9. The first-order valence-electron chi connectivity index (χ1n) is 13.8. The molecule has 9 heteroatoms. The Labute approximate surface area is 257 Å². The first kappa shape index (κ1) is 28.5. The topological polar surface area (TPSA) is 89.0 Å². The van der Waals surface area contributed by atoms with Gasteiger partial charge in [0.25, 0.3) is 5.78 Å². The van der Waals surface area contributed by atoms with Crippen LogP contribution in [0.15, 0.2) is 103 Å². The Hall–Kier alpha value is -4.66. The SMILES string of the molecule is CCCOc1ccc(C(O)=C2C(=O)C(=O)N(c3nc4ccc(Cl)cc4s3)C2c2cccc(OCc3ccccc3)c2)cc1. The van der Waals surface area contributed by atoms with Crippen molar-refractivity contribution in [3.05, 3.63) is 124 Å². The van der Waals surface area contributed by atoms with Crippen molar-refractivity contribution in [3.8, 4) is 11.5 Å². The second kappa shape index (κ2) is 12.3. The van der Waals surface area contributed by atoms with Crippen LogP contribution in [-0.2, 0) is 16.2 Å². The van der Waals surface area contributed by atoms with Crippen molar-refractivity contribution in [2.75, 3.05) is 11.5 Å². The van der Waals surface area contributed by atoms with Crippen LogP contribution in [0.5, 0.6) is 11.5 Å². The molecule has 7 nitrogen and oxygen atoms in total. The minimum Gasteiger partial charge on any atom is -0.507 e. The fourth-order valence-electron chi connectivity index (χ4n) is 4.93. The number of halogens is 1. The number of amides is 1. The van der Waals surface area contributed by atoms with Crippen LogP contribution in [-0.4, -0.2) is 28.4 Å². The average molecular weight is 611 g/mol. The quantitative estimate of drug-likeness (QED) is 0.103. The molecule has 0 spiro atoms. The lowest BCUT2D eigenvalue weighted by atomic mass is 9.95. The summed E-state index contributed by atoms with van der Waals surface area (Å²) in [6.07, 6.45) is 0.858. The number of benzene rings is 4. The fourth-order valence-corrected chi connectivity index (χ4v) is 6.20. The number of aliphatic hydroxyl groups is 1. The maximum atomic E-state index is 13.7. The van der Waals surface area contributed by atoms with Crippen molar-refractivity contribution in [3.63, 3.8) is 0 Å². The zero-order valence-corrected chi connectivity index (χ0v) is 24.8. The van der Waals surface area contributed by atoms with Gasteiger partial charge in [0.15, 0.2) is 5.13 Å². The van der Waals surface area contributed by atoms with Gasteiger partial charge in [0, 0.05) is 10.6 Å². The van der Waals surface area contributed by atoms with Gasteiger partial charge in [0.1, 0.15) is 23.9 Å². The highest BCUT2D eigenvalue weighted by Crippen LogP contribution is 2.45. The first-order chi connectivity index (χ1) is 20.9. The van der Waals surface area contributed by atoms with Crippen molar-refractivity contribution in [2.45, 2.75) is 26.0 Å². The average Bonchev–Trinajstić information content (AvgIpc) is 3.56. The van der Waals surface area contributed by atoms with Crippen molar-refractivity contribution in [2.24, 2.45) is 0 Å². The minimum atomic E-state index is -0.952. The third-order valence-corrected chi connectivity index (χ3v) is 8.27. The normalized spacial score (nSPS) is 16.1. The molecule has 43 heavy (non-hydrogen) atoms. The molecule has 1 aliphatic heterocycles. The summed E-state index contributed by atoms with van der Waals surface area (Å²) < 4.78 is 12.5. The largest absolute Gasteiger partial charge is 0.507 e. The number of thiazole rings is 1. The Bertz CT molecular complexity index is 1840. The Balaban J connectivity index is 1.44. The number of fused-ring (bicyclic) bond motifs is 1. The zero-order valence-electron chi connectivity index (χ0n) is 23.2. The molecule has 1 fully saturated rings. The summed E-state index contributed by atoms with van der Waals surface area (Å²) in [6.45, 7) is 2.92. The molecule has 216 valence electrons. The lowest BCUT2D eigenvalue weighted by Crippen LogP contribution is -2.29. The van der Waals surface area contributed by atoms with Crippen molar-refractivity contribution < 1.29 is 24.2 Å². The van der Waals surface area contributed by atoms with Gasteiger partial charge in [-0.2, -0.15) is 0 Å². The van der Waals surface area contributed by atoms with Crippen LogP contribution in [0, 0.1) is 0 Å². The van der Waals surface area contributed by atoms with E-state index in [1.54, 1.807) is 60.7 Å². The monoisotopic (exact) mass is 610 g/mol. The molecule has 6 rings (SSSR count). The summed E-state index contributed by atoms with van der Waals surface area (Å²) in [6, 6.07) is 28.1. The maximum Gasteiger partial charge on any atom is 0.301 e.